The number of para-hydroxylation sites is 1. The van der Waals surface area contributed by atoms with E-state index in [0.29, 0.717) is 5.56 Å². The summed E-state index contributed by atoms with van der Waals surface area (Å²) >= 11 is 0. The number of rotatable bonds is 3. The first kappa shape index (κ1) is 14.9. The number of primary amides is 1. The molecular weight excluding hydrogens is 286 g/mol. The highest BCUT2D eigenvalue weighted by Gasteiger charge is 2.18. The highest BCUT2D eigenvalue weighted by atomic mass is 16.1. The van der Waals surface area contributed by atoms with Crippen molar-refractivity contribution in [3.8, 4) is 11.1 Å². The minimum Gasteiger partial charge on any atom is -0.376 e. The Morgan fingerprint density at radius 3 is 2.78 bits per heavy atom. The molecule has 1 heterocycles. The first-order valence-electron chi connectivity index (χ1n) is 7.45. The fourth-order valence-electron chi connectivity index (χ4n) is 2.78. The van der Waals surface area contributed by atoms with Gasteiger partial charge in [0.2, 0.25) is 5.91 Å². The lowest BCUT2D eigenvalue weighted by atomic mass is 10.00. The van der Waals surface area contributed by atoms with Crippen LogP contribution < -0.4 is 16.4 Å². The van der Waals surface area contributed by atoms with E-state index in [1.54, 1.807) is 6.07 Å². The Labute approximate surface area is 135 Å². The van der Waals surface area contributed by atoms with Gasteiger partial charge in [0, 0.05) is 29.3 Å². The van der Waals surface area contributed by atoms with Crippen molar-refractivity contribution >= 4 is 17.3 Å². The average molecular weight is 305 g/mol. The van der Waals surface area contributed by atoms with Crippen LogP contribution in [0.5, 0.6) is 0 Å². The van der Waals surface area contributed by atoms with E-state index < -0.39 is 5.91 Å². The summed E-state index contributed by atoms with van der Waals surface area (Å²) in [5, 5.41) is 6.84. The summed E-state index contributed by atoms with van der Waals surface area (Å²) in [6.45, 7) is 7.93. The number of benzene rings is 2. The standard InChI is InChI=1S/C19H19N3O/c1-3-15-10-12(2)21-17-9-5-8-16(18(17)22-15)13-6-4-7-14(11-13)19(20)23/h3-9,11,15,21-22H,1-2,10H2,(H2,20,23)/t15-/m1/s1. The fraction of sp³-hybridized carbons (Fsp3) is 0.105. The highest BCUT2D eigenvalue weighted by Crippen LogP contribution is 2.38. The van der Waals surface area contributed by atoms with Gasteiger partial charge in [-0.2, -0.15) is 0 Å². The van der Waals surface area contributed by atoms with Gasteiger partial charge in [-0.1, -0.05) is 36.9 Å². The molecule has 0 unspecified atom stereocenters. The summed E-state index contributed by atoms with van der Waals surface area (Å²) in [7, 11) is 0. The van der Waals surface area contributed by atoms with E-state index in [4.69, 9.17) is 5.73 Å². The van der Waals surface area contributed by atoms with Crippen LogP contribution in [0, 0.1) is 0 Å². The third-order valence-electron chi connectivity index (χ3n) is 3.91. The maximum atomic E-state index is 11.4. The minimum absolute atomic E-state index is 0.0942. The second-order valence-corrected chi connectivity index (χ2v) is 5.59. The number of hydrogen-bond donors (Lipinski definition) is 3. The van der Waals surface area contributed by atoms with Gasteiger partial charge in [-0.05, 0) is 23.8 Å². The van der Waals surface area contributed by atoms with Crippen molar-refractivity contribution in [2.24, 2.45) is 5.73 Å². The van der Waals surface area contributed by atoms with E-state index in [1.807, 2.05) is 42.5 Å². The Balaban J connectivity index is 2.13. The molecule has 0 saturated heterocycles. The average Bonchev–Trinajstić information content (AvgIpc) is 2.72. The van der Waals surface area contributed by atoms with Gasteiger partial charge < -0.3 is 16.4 Å². The van der Waals surface area contributed by atoms with Crippen molar-refractivity contribution in [3.63, 3.8) is 0 Å². The van der Waals surface area contributed by atoms with Crippen LogP contribution in [-0.2, 0) is 0 Å². The zero-order chi connectivity index (χ0) is 16.4. The minimum atomic E-state index is -0.433. The summed E-state index contributed by atoms with van der Waals surface area (Å²) < 4.78 is 0. The molecule has 1 aliphatic heterocycles. The summed E-state index contributed by atoms with van der Waals surface area (Å²) in [6, 6.07) is 13.4. The van der Waals surface area contributed by atoms with Crippen molar-refractivity contribution in [2.45, 2.75) is 12.5 Å². The third-order valence-corrected chi connectivity index (χ3v) is 3.91. The number of anilines is 2. The van der Waals surface area contributed by atoms with Crippen LogP contribution in [0.4, 0.5) is 11.4 Å². The van der Waals surface area contributed by atoms with Crippen molar-refractivity contribution in [2.75, 3.05) is 10.6 Å². The predicted octanol–water partition coefficient (Wildman–Crippen LogP) is 3.75. The monoisotopic (exact) mass is 305 g/mol. The number of nitrogens with one attached hydrogen (secondary N) is 2. The van der Waals surface area contributed by atoms with E-state index in [9.17, 15) is 4.79 Å². The molecule has 4 heteroatoms. The Morgan fingerprint density at radius 1 is 1.26 bits per heavy atom. The van der Waals surface area contributed by atoms with Crippen molar-refractivity contribution in [3.05, 3.63) is 73.0 Å². The zero-order valence-electron chi connectivity index (χ0n) is 12.8. The van der Waals surface area contributed by atoms with E-state index in [1.165, 1.54) is 0 Å². The predicted molar refractivity (Wildman–Crippen MR) is 95.4 cm³/mol. The normalized spacial score (nSPS) is 16.5. The maximum Gasteiger partial charge on any atom is 0.248 e. The Kier molecular flexibility index (Phi) is 3.89. The van der Waals surface area contributed by atoms with Gasteiger partial charge in [-0.3, -0.25) is 4.79 Å². The molecule has 116 valence electrons. The zero-order valence-corrected chi connectivity index (χ0v) is 12.8. The molecule has 1 atom stereocenters. The number of amides is 1. The van der Waals surface area contributed by atoms with Crippen LogP contribution in [0.3, 0.4) is 0 Å². The van der Waals surface area contributed by atoms with Crippen LogP contribution in [-0.4, -0.2) is 11.9 Å². The molecule has 23 heavy (non-hydrogen) atoms. The topological polar surface area (TPSA) is 67.1 Å². The molecule has 0 radical (unpaired) electrons. The Morgan fingerprint density at radius 2 is 2.04 bits per heavy atom. The largest absolute Gasteiger partial charge is 0.376 e. The van der Waals surface area contributed by atoms with Gasteiger partial charge in [0.25, 0.3) is 0 Å². The summed E-state index contributed by atoms with van der Waals surface area (Å²) in [6.07, 6.45) is 2.64. The Bertz CT molecular complexity index is 795. The summed E-state index contributed by atoms with van der Waals surface area (Å²) in [4.78, 5) is 11.4. The van der Waals surface area contributed by atoms with E-state index in [0.717, 1.165) is 34.6 Å². The van der Waals surface area contributed by atoms with Gasteiger partial charge in [-0.15, -0.1) is 6.58 Å². The lowest BCUT2D eigenvalue weighted by Gasteiger charge is -2.17. The molecule has 0 fully saturated rings. The van der Waals surface area contributed by atoms with E-state index in [-0.39, 0.29) is 6.04 Å². The molecule has 3 rings (SSSR count). The lowest BCUT2D eigenvalue weighted by Crippen LogP contribution is -2.16. The molecule has 2 aromatic rings. The molecule has 0 spiro atoms. The number of carbonyl (C=O) groups excluding carboxylic acids is 1. The van der Waals surface area contributed by atoms with Gasteiger partial charge in [0.15, 0.2) is 0 Å². The van der Waals surface area contributed by atoms with Gasteiger partial charge >= 0.3 is 0 Å². The first-order valence-corrected chi connectivity index (χ1v) is 7.45. The molecule has 0 aromatic heterocycles. The van der Waals surface area contributed by atoms with Gasteiger partial charge in [0.1, 0.15) is 0 Å². The summed E-state index contributed by atoms with van der Waals surface area (Å²) in [5.41, 5.74) is 10.7. The lowest BCUT2D eigenvalue weighted by molar-refractivity contribution is 0.100. The van der Waals surface area contributed by atoms with Crippen LogP contribution in [0.1, 0.15) is 16.8 Å². The van der Waals surface area contributed by atoms with Gasteiger partial charge in [-0.25, -0.2) is 0 Å². The molecule has 1 amide bonds. The molecule has 4 nitrogen and oxygen atoms in total. The van der Waals surface area contributed by atoms with Crippen molar-refractivity contribution in [1.29, 1.82) is 0 Å². The molecular formula is C19H19N3O. The molecule has 0 saturated carbocycles. The second kappa shape index (κ2) is 6.01. The van der Waals surface area contributed by atoms with Crippen LogP contribution in [0.25, 0.3) is 11.1 Å². The van der Waals surface area contributed by atoms with Crippen molar-refractivity contribution < 1.29 is 4.79 Å². The third kappa shape index (κ3) is 2.97. The number of nitrogens with two attached hydrogens (primary N) is 1. The molecule has 4 N–H and O–H groups in total. The van der Waals surface area contributed by atoms with Crippen LogP contribution in [0.15, 0.2) is 67.4 Å². The molecule has 0 aliphatic carbocycles. The molecule has 2 aromatic carbocycles. The SMILES string of the molecule is C=C[C@@H]1CC(=C)Nc2cccc(-c3cccc(C(N)=O)c3)c2N1. The number of hydrogen-bond acceptors (Lipinski definition) is 3. The fourth-order valence-corrected chi connectivity index (χ4v) is 2.78. The quantitative estimate of drug-likeness (QED) is 0.757. The van der Waals surface area contributed by atoms with Crippen LogP contribution >= 0.6 is 0 Å². The molecule has 0 bridgehead atoms. The highest BCUT2D eigenvalue weighted by molar-refractivity contribution is 5.96. The maximum absolute atomic E-state index is 11.4. The number of carbonyl (C=O) groups is 1. The van der Waals surface area contributed by atoms with E-state index in [2.05, 4.69) is 23.8 Å². The Hall–Kier alpha value is -3.01. The van der Waals surface area contributed by atoms with Gasteiger partial charge in [0.05, 0.1) is 11.4 Å². The summed E-state index contributed by atoms with van der Waals surface area (Å²) in [5.74, 6) is -0.433. The molecule has 1 aliphatic rings. The first-order chi connectivity index (χ1) is 11.1. The smallest absolute Gasteiger partial charge is 0.248 e. The van der Waals surface area contributed by atoms with Crippen LogP contribution in [0.2, 0.25) is 0 Å². The van der Waals surface area contributed by atoms with Crippen molar-refractivity contribution in [1.82, 2.24) is 0 Å². The number of fused-ring (bicyclic) bond motifs is 1. The second-order valence-electron chi connectivity index (χ2n) is 5.59. The van der Waals surface area contributed by atoms with E-state index >= 15 is 0 Å².